The lowest BCUT2D eigenvalue weighted by molar-refractivity contribution is -0.126. The molecule has 0 saturated carbocycles. The molecule has 0 N–H and O–H groups in total. The van der Waals surface area contributed by atoms with Crippen LogP contribution in [0, 0.1) is 17.8 Å². The average Bonchev–Trinajstić information content (AvgIpc) is 2.65. The molecule has 0 aliphatic carbocycles. The average molecular weight is 193 g/mol. The van der Waals surface area contributed by atoms with Crippen LogP contribution in [0.2, 0.25) is 0 Å². The van der Waals surface area contributed by atoms with Crippen molar-refractivity contribution in [3.63, 3.8) is 0 Å². The van der Waals surface area contributed by atoms with E-state index in [0.29, 0.717) is 12.0 Å². The Morgan fingerprint density at radius 2 is 2.36 bits per heavy atom. The van der Waals surface area contributed by atoms with Crippen molar-refractivity contribution in [3.8, 4) is 11.8 Å². The van der Waals surface area contributed by atoms with Crippen LogP contribution in [0.3, 0.4) is 0 Å². The highest BCUT2D eigenvalue weighted by Crippen LogP contribution is 2.25. The standard InChI is InChI=1S/C12H19NO/c1-4-7-12(14)13-9-6-8-11(13)10(3)5-2/h10-11H,5-6,8-9H2,1-3H3. The summed E-state index contributed by atoms with van der Waals surface area (Å²) in [5.41, 5.74) is 0. The van der Waals surface area contributed by atoms with Crippen molar-refractivity contribution in [1.29, 1.82) is 0 Å². The van der Waals surface area contributed by atoms with E-state index in [1.165, 1.54) is 0 Å². The van der Waals surface area contributed by atoms with Crippen molar-refractivity contribution in [1.82, 2.24) is 4.90 Å². The lowest BCUT2D eigenvalue weighted by atomic mass is 9.97. The van der Waals surface area contributed by atoms with Crippen molar-refractivity contribution >= 4 is 5.91 Å². The van der Waals surface area contributed by atoms with Crippen LogP contribution in [0.5, 0.6) is 0 Å². The highest BCUT2D eigenvalue weighted by atomic mass is 16.2. The van der Waals surface area contributed by atoms with Gasteiger partial charge in [0.15, 0.2) is 0 Å². The minimum absolute atomic E-state index is 0.00954. The number of amides is 1. The number of likely N-dealkylation sites (tertiary alicyclic amines) is 1. The first-order chi connectivity index (χ1) is 6.70. The van der Waals surface area contributed by atoms with E-state index in [2.05, 4.69) is 25.7 Å². The van der Waals surface area contributed by atoms with Gasteiger partial charge < -0.3 is 4.90 Å². The molecule has 0 aromatic rings. The third-order valence-electron chi connectivity index (χ3n) is 3.09. The summed E-state index contributed by atoms with van der Waals surface area (Å²) in [4.78, 5) is 13.6. The molecule has 1 fully saturated rings. The SMILES string of the molecule is CC#CC(=O)N1CCCC1C(C)CC. The predicted molar refractivity (Wildman–Crippen MR) is 57.6 cm³/mol. The monoisotopic (exact) mass is 193 g/mol. The van der Waals surface area contributed by atoms with E-state index < -0.39 is 0 Å². The van der Waals surface area contributed by atoms with Crippen molar-refractivity contribution in [3.05, 3.63) is 0 Å². The fourth-order valence-corrected chi connectivity index (χ4v) is 2.09. The van der Waals surface area contributed by atoms with Crippen LogP contribution < -0.4 is 0 Å². The van der Waals surface area contributed by atoms with Gasteiger partial charge in [-0.15, -0.1) is 0 Å². The topological polar surface area (TPSA) is 20.3 Å². The fourth-order valence-electron chi connectivity index (χ4n) is 2.09. The molecular formula is C12H19NO. The van der Waals surface area contributed by atoms with Gasteiger partial charge in [-0.1, -0.05) is 26.2 Å². The van der Waals surface area contributed by atoms with Crippen LogP contribution in [-0.4, -0.2) is 23.4 Å². The van der Waals surface area contributed by atoms with Gasteiger partial charge in [0, 0.05) is 12.6 Å². The number of nitrogens with zero attached hydrogens (tertiary/aromatic N) is 1. The molecule has 2 heteroatoms. The van der Waals surface area contributed by atoms with E-state index in [1.54, 1.807) is 6.92 Å². The molecule has 78 valence electrons. The summed E-state index contributed by atoms with van der Waals surface area (Å²) in [6.45, 7) is 7.00. The molecule has 1 aliphatic heterocycles. The maximum atomic E-state index is 11.6. The maximum absolute atomic E-state index is 11.6. The van der Waals surface area contributed by atoms with Gasteiger partial charge in [0.2, 0.25) is 0 Å². The molecule has 0 radical (unpaired) electrons. The molecule has 0 aromatic carbocycles. The quantitative estimate of drug-likeness (QED) is 0.615. The van der Waals surface area contributed by atoms with Gasteiger partial charge in [-0.2, -0.15) is 0 Å². The van der Waals surface area contributed by atoms with E-state index in [1.807, 2.05) is 4.90 Å². The zero-order valence-corrected chi connectivity index (χ0v) is 9.34. The Morgan fingerprint density at radius 1 is 1.64 bits per heavy atom. The Hall–Kier alpha value is -0.970. The molecular weight excluding hydrogens is 174 g/mol. The second-order valence-electron chi connectivity index (χ2n) is 3.97. The van der Waals surface area contributed by atoms with E-state index in [-0.39, 0.29) is 5.91 Å². The predicted octanol–water partition coefficient (Wildman–Crippen LogP) is 2.05. The molecule has 14 heavy (non-hydrogen) atoms. The zero-order chi connectivity index (χ0) is 10.6. The minimum atomic E-state index is 0.00954. The highest BCUT2D eigenvalue weighted by molar-refractivity contribution is 5.93. The fraction of sp³-hybridized carbons (Fsp3) is 0.750. The van der Waals surface area contributed by atoms with Crippen molar-refractivity contribution in [2.75, 3.05) is 6.54 Å². The highest BCUT2D eigenvalue weighted by Gasteiger charge is 2.30. The number of carbonyl (C=O) groups excluding carboxylic acids is 1. The molecule has 1 heterocycles. The number of hydrogen-bond donors (Lipinski definition) is 0. The first-order valence-corrected chi connectivity index (χ1v) is 5.44. The second-order valence-corrected chi connectivity index (χ2v) is 3.97. The molecule has 2 nitrogen and oxygen atoms in total. The summed E-state index contributed by atoms with van der Waals surface area (Å²) in [6, 6.07) is 0.424. The summed E-state index contributed by atoms with van der Waals surface area (Å²) in [5.74, 6) is 5.92. The van der Waals surface area contributed by atoms with Crippen LogP contribution in [0.15, 0.2) is 0 Å². The second kappa shape index (κ2) is 5.05. The van der Waals surface area contributed by atoms with Gasteiger partial charge >= 0.3 is 0 Å². The Bertz CT molecular complexity index is 261. The lowest BCUT2D eigenvalue weighted by Crippen LogP contribution is -2.38. The number of carbonyl (C=O) groups is 1. The van der Waals surface area contributed by atoms with Gasteiger partial charge in [-0.05, 0) is 31.6 Å². The Labute approximate surface area is 86.7 Å². The van der Waals surface area contributed by atoms with Crippen LogP contribution >= 0.6 is 0 Å². The third-order valence-corrected chi connectivity index (χ3v) is 3.09. The normalized spacial score (nSPS) is 22.8. The third kappa shape index (κ3) is 2.29. The van der Waals surface area contributed by atoms with E-state index in [4.69, 9.17) is 0 Å². The van der Waals surface area contributed by atoms with Crippen LogP contribution in [0.1, 0.15) is 40.0 Å². The van der Waals surface area contributed by atoms with Crippen molar-refractivity contribution in [2.24, 2.45) is 5.92 Å². The van der Waals surface area contributed by atoms with Crippen molar-refractivity contribution < 1.29 is 4.79 Å². The van der Waals surface area contributed by atoms with Gasteiger partial charge in [0.1, 0.15) is 0 Å². The molecule has 0 aromatic heterocycles. The summed E-state index contributed by atoms with van der Waals surface area (Å²) < 4.78 is 0. The summed E-state index contributed by atoms with van der Waals surface area (Å²) in [5, 5.41) is 0. The van der Waals surface area contributed by atoms with E-state index in [9.17, 15) is 4.79 Å². The van der Waals surface area contributed by atoms with E-state index >= 15 is 0 Å². The molecule has 2 unspecified atom stereocenters. The summed E-state index contributed by atoms with van der Waals surface area (Å²) >= 11 is 0. The van der Waals surface area contributed by atoms with Gasteiger partial charge in [-0.3, -0.25) is 4.79 Å². The first-order valence-electron chi connectivity index (χ1n) is 5.44. The smallest absolute Gasteiger partial charge is 0.298 e. The van der Waals surface area contributed by atoms with Gasteiger partial charge in [0.05, 0.1) is 0 Å². The largest absolute Gasteiger partial charge is 0.329 e. The van der Waals surface area contributed by atoms with Crippen LogP contribution in [0.25, 0.3) is 0 Å². The number of hydrogen-bond acceptors (Lipinski definition) is 1. The van der Waals surface area contributed by atoms with E-state index in [0.717, 1.165) is 25.8 Å². The zero-order valence-electron chi connectivity index (χ0n) is 9.34. The Kier molecular flexibility index (Phi) is 4.00. The minimum Gasteiger partial charge on any atom is -0.329 e. The molecule has 1 aliphatic rings. The van der Waals surface area contributed by atoms with Gasteiger partial charge in [0.25, 0.3) is 5.91 Å². The molecule has 1 saturated heterocycles. The van der Waals surface area contributed by atoms with Gasteiger partial charge in [-0.25, -0.2) is 0 Å². The lowest BCUT2D eigenvalue weighted by Gasteiger charge is -2.27. The molecule has 2 atom stereocenters. The Balaban J connectivity index is 2.66. The molecule has 1 rings (SSSR count). The summed E-state index contributed by atoms with van der Waals surface area (Å²) in [6.07, 6.45) is 3.41. The molecule has 1 amide bonds. The Morgan fingerprint density at radius 3 is 2.93 bits per heavy atom. The maximum Gasteiger partial charge on any atom is 0.298 e. The van der Waals surface area contributed by atoms with Crippen LogP contribution in [0.4, 0.5) is 0 Å². The number of rotatable bonds is 2. The molecule has 0 bridgehead atoms. The van der Waals surface area contributed by atoms with Crippen molar-refractivity contribution in [2.45, 2.75) is 46.1 Å². The van der Waals surface area contributed by atoms with Crippen LogP contribution in [-0.2, 0) is 4.79 Å². The molecule has 0 spiro atoms. The summed E-state index contributed by atoms with van der Waals surface area (Å²) in [7, 11) is 0. The first kappa shape index (κ1) is 11.1.